The summed E-state index contributed by atoms with van der Waals surface area (Å²) in [5, 5.41) is 4.84. The molecule has 0 unspecified atom stereocenters. The number of fused-ring (bicyclic) bond motifs is 6. The highest BCUT2D eigenvalue weighted by molar-refractivity contribution is 7.26. The van der Waals surface area contributed by atoms with E-state index in [-0.39, 0.29) is 0 Å². The Morgan fingerprint density at radius 2 is 0.929 bits per heavy atom. The lowest BCUT2D eigenvalue weighted by Crippen LogP contribution is -1.97. The van der Waals surface area contributed by atoms with Gasteiger partial charge >= 0.3 is 0 Å². The van der Waals surface area contributed by atoms with Crippen LogP contribution < -0.4 is 0 Å². The summed E-state index contributed by atoms with van der Waals surface area (Å²) < 4.78 is 5.01. The van der Waals surface area contributed by atoms with Gasteiger partial charge in [-0.3, -0.25) is 0 Å². The molecule has 0 N–H and O–H groups in total. The molecule has 4 heteroatoms. The number of thiophene rings is 1. The standard InChI is InChI=1S/C52H33N3S/c1-4-16-34(17-5-1)37-22-14-23-38(30-37)39-31-43-40-24-11-13-29-49(40)56-51(43)48(32-39)55-46-27-12-10-25-41(46)50-42(26-15-28-47(50)55)52-53-44(35-18-6-2-7-19-35)33-45(54-52)36-20-8-3-9-21-36/h1-33H. The average Bonchev–Trinajstić information content (AvgIpc) is 3.83. The van der Waals surface area contributed by atoms with E-state index in [2.05, 4.69) is 193 Å². The molecule has 0 amide bonds. The van der Waals surface area contributed by atoms with Crippen LogP contribution in [0.15, 0.2) is 200 Å². The molecule has 11 rings (SSSR count). The summed E-state index contributed by atoms with van der Waals surface area (Å²) in [5.74, 6) is 0.706. The quantitative estimate of drug-likeness (QED) is 0.170. The van der Waals surface area contributed by atoms with E-state index in [1.165, 1.54) is 47.8 Å². The molecule has 262 valence electrons. The van der Waals surface area contributed by atoms with Gasteiger partial charge in [-0.2, -0.15) is 0 Å². The Balaban J connectivity index is 1.19. The number of rotatable bonds is 6. The van der Waals surface area contributed by atoms with Crippen LogP contribution in [0.2, 0.25) is 0 Å². The summed E-state index contributed by atoms with van der Waals surface area (Å²) in [4.78, 5) is 10.6. The topological polar surface area (TPSA) is 30.7 Å². The molecule has 3 nitrogen and oxygen atoms in total. The Bertz CT molecular complexity index is 3180. The molecule has 0 fully saturated rings. The highest BCUT2D eigenvalue weighted by Gasteiger charge is 2.22. The molecule has 0 aliphatic carbocycles. The van der Waals surface area contributed by atoms with Crippen LogP contribution in [0.5, 0.6) is 0 Å². The summed E-state index contributed by atoms with van der Waals surface area (Å²) in [7, 11) is 0. The van der Waals surface area contributed by atoms with Gasteiger partial charge in [0.05, 0.1) is 32.8 Å². The van der Waals surface area contributed by atoms with Gasteiger partial charge in [0.25, 0.3) is 0 Å². The fraction of sp³-hybridized carbons (Fsp3) is 0. The predicted molar refractivity (Wildman–Crippen MR) is 236 cm³/mol. The normalized spacial score (nSPS) is 11.6. The van der Waals surface area contributed by atoms with E-state index in [4.69, 9.17) is 9.97 Å². The van der Waals surface area contributed by atoms with Gasteiger partial charge in [-0.25, -0.2) is 9.97 Å². The van der Waals surface area contributed by atoms with Gasteiger partial charge in [0.2, 0.25) is 0 Å². The van der Waals surface area contributed by atoms with Gasteiger partial charge < -0.3 is 4.57 Å². The molecule has 11 aromatic rings. The van der Waals surface area contributed by atoms with Crippen LogP contribution in [0.25, 0.3) is 104 Å². The molecule has 0 saturated carbocycles. The van der Waals surface area contributed by atoms with Gasteiger partial charge in [0.1, 0.15) is 0 Å². The smallest absolute Gasteiger partial charge is 0.161 e. The highest BCUT2D eigenvalue weighted by atomic mass is 32.1. The van der Waals surface area contributed by atoms with Crippen LogP contribution in [0.3, 0.4) is 0 Å². The molecule has 8 aromatic carbocycles. The minimum Gasteiger partial charge on any atom is -0.308 e. The number of nitrogens with zero attached hydrogens (tertiary/aromatic N) is 3. The van der Waals surface area contributed by atoms with Gasteiger partial charge in [0, 0.05) is 42.9 Å². The molecule has 56 heavy (non-hydrogen) atoms. The van der Waals surface area contributed by atoms with Crippen molar-refractivity contribution in [1.29, 1.82) is 0 Å². The second kappa shape index (κ2) is 13.3. The number of para-hydroxylation sites is 1. The monoisotopic (exact) mass is 731 g/mol. The van der Waals surface area contributed by atoms with Crippen molar-refractivity contribution in [2.45, 2.75) is 0 Å². The Kier molecular flexibility index (Phi) is 7.68. The zero-order chi connectivity index (χ0) is 37.0. The van der Waals surface area contributed by atoms with Gasteiger partial charge in [-0.1, -0.05) is 158 Å². The lowest BCUT2D eigenvalue weighted by molar-refractivity contribution is 1.18. The van der Waals surface area contributed by atoms with E-state index >= 15 is 0 Å². The van der Waals surface area contributed by atoms with Crippen LogP contribution >= 0.6 is 11.3 Å². The van der Waals surface area contributed by atoms with E-state index in [1.54, 1.807) is 0 Å². The first kappa shape index (κ1) is 32.3. The maximum Gasteiger partial charge on any atom is 0.161 e. The molecule has 0 saturated heterocycles. The van der Waals surface area contributed by atoms with Crippen molar-refractivity contribution in [3.63, 3.8) is 0 Å². The first-order valence-electron chi connectivity index (χ1n) is 18.9. The van der Waals surface area contributed by atoms with Crippen LogP contribution in [-0.4, -0.2) is 14.5 Å². The molecule has 0 radical (unpaired) electrons. The Morgan fingerprint density at radius 3 is 1.64 bits per heavy atom. The SMILES string of the molecule is c1ccc(-c2cccc(-c3cc(-n4c5ccccc5c5c(-c6nc(-c7ccccc7)cc(-c7ccccc7)n6)cccc54)c4sc5ccccc5c4c3)c2)cc1. The van der Waals surface area contributed by atoms with E-state index < -0.39 is 0 Å². The molecule has 0 bridgehead atoms. The first-order chi connectivity index (χ1) is 27.8. The summed E-state index contributed by atoms with van der Waals surface area (Å²) in [6.45, 7) is 0. The van der Waals surface area contributed by atoms with Crippen LogP contribution in [-0.2, 0) is 0 Å². The molecule has 0 atom stereocenters. The number of aromatic nitrogens is 3. The fourth-order valence-corrected chi connectivity index (χ4v) is 9.39. The number of benzene rings is 8. The van der Waals surface area contributed by atoms with E-state index in [1.807, 2.05) is 23.5 Å². The summed E-state index contributed by atoms with van der Waals surface area (Å²) >= 11 is 1.86. The Labute approximate surface area is 328 Å². The van der Waals surface area contributed by atoms with Crippen molar-refractivity contribution in [3.05, 3.63) is 200 Å². The molecule has 0 spiro atoms. The maximum atomic E-state index is 5.29. The van der Waals surface area contributed by atoms with Gasteiger partial charge in [-0.15, -0.1) is 11.3 Å². The molecule has 3 aromatic heterocycles. The third kappa shape index (κ3) is 5.42. The Hall–Kier alpha value is -7.14. The third-order valence-corrected chi connectivity index (χ3v) is 12.0. The molecule has 3 heterocycles. The lowest BCUT2D eigenvalue weighted by atomic mass is 9.97. The van der Waals surface area contributed by atoms with Gasteiger partial charge in [-0.05, 0) is 64.7 Å². The van der Waals surface area contributed by atoms with Gasteiger partial charge in [0.15, 0.2) is 5.82 Å². The van der Waals surface area contributed by atoms with Crippen molar-refractivity contribution in [2.24, 2.45) is 0 Å². The zero-order valence-electron chi connectivity index (χ0n) is 30.3. The molecule has 0 aliphatic heterocycles. The second-order valence-electron chi connectivity index (χ2n) is 14.2. The van der Waals surface area contributed by atoms with E-state index in [0.29, 0.717) is 5.82 Å². The second-order valence-corrected chi connectivity index (χ2v) is 15.2. The summed E-state index contributed by atoms with van der Waals surface area (Å²) in [5.41, 5.74) is 13.1. The summed E-state index contributed by atoms with van der Waals surface area (Å²) in [6.07, 6.45) is 0. The maximum absolute atomic E-state index is 5.29. The van der Waals surface area contributed by atoms with E-state index in [0.717, 1.165) is 50.2 Å². The van der Waals surface area contributed by atoms with Crippen LogP contribution in [0, 0.1) is 0 Å². The average molecular weight is 732 g/mol. The predicted octanol–water partition coefficient (Wildman–Crippen LogP) is 14.3. The largest absolute Gasteiger partial charge is 0.308 e. The minimum atomic E-state index is 0.706. The third-order valence-electron chi connectivity index (χ3n) is 10.8. The zero-order valence-corrected chi connectivity index (χ0v) is 31.1. The van der Waals surface area contributed by atoms with Crippen molar-refractivity contribution < 1.29 is 0 Å². The van der Waals surface area contributed by atoms with E-state index in [9.17, 15) is 0 Å². The van der Waals surface area contributed by atoms with Crippen molar-refractivity contribution in [2.75, 3.05) is 0 Å². The molecule has 0 aliphatic rings. The van der Waals surface area contributed by atoms with Crippen molar-refractivity contribution in [3.8, 4) is 61.8 Å². The fourth-order valence-electron chi connectivity index (χ4n) is 8.20. The Morgan fingerprint density at radius 1 is 0.375 bits per heavy atom. The summed E-state index contributed by atoms with van der Waals surface area (Å²) in [6, 6.07) is 71.4. The van der Waals surface area contributed by atoms with Crippen molar-refractivity contribution in [1.82, 2.24) is 14.5 Å². The van der Waals surface area contributed by atoms with Crippen molar-refractivity contribution >= 4 is 53.3 Å². The number of hydrogen-bond acceptors (Lipinski definition) is 3. The van der Waals surface area contributed by atoms with Crippen LogP contribution in [0.1, 0.15) is 0 Å². The van der Waals surface area contributed by atoms with Crippen LogP contribution in [0.4, 0.5) is 0 Å². The molecular weight excluding hydrogens is 699 g/mol. The minimum absolute atomic E-state index is 0.706. The molecular formula is C52H33N3S. The number of hydrogen-bond donors (Lipinski definition) is 0. The highest BCUT2D eigenvalue weighted by Crippen LogP contribution is 2.45. The first-order valence-corrected chi connectivity index (χ1v) is 19.7. The lowest BCUT2D eigenvalue weighted by Gasteiger charge is -2.14.